The summed E-state index contributed by atoms with van der Waals surface area (Å²) in [6.07, 6.45) is 4.39. The number of anilines is 1. The predicted octanol–water partition coefficient (Wildman–Crippen LogP) is 4.29. The summed E-state index contributed by atoms with van der Waals surface area (Å²) in [6.45, 7) is 7.29. The molecule has 4 rings (SSSR count). The van der Waals surface area contributed by atoms with Crippen LogP contribution in [-0.4, -0.2) is 50.8 Å². The Balaban J connectivity index is 1.29. The molecule has 4 nitrogen and oxygen atoms in total. The highest BCUT2D eigenvalue weighted by Crippen LogP contribution is 2.46. The van der Waals surface area contributed by atoms with E-state index in [0.717, 1.165) is 64.8 Å². The number of hydrogen-bond acceptors (Lipinski definition) is 4. The topological polar surface area (TPSA) is 40.6 Å². The minimum atomic E-state index is -3.24. The molecular formula is C24H32N2O2S. The Labute approximate surface area is 175 Å². The van der Waals surface area contributed by atoms with Gasteiger partial charge in [-0.25, -0.2) is 8.42 Å². The van der Waals surface area contributed by atoms with Crippen LogP contribution >= 0.6 is 0 Å². The van der Waals surface area contributed by atoms with Gasteiger partial charge in [0.15, 0.2) is 9.84 Å². The maximum absolute atomic E-state index is 13.2. The second-order valence-corrected chi connectivity index (χ2v) is 11.0. The van der Waals surface area contributed by atoms with Crippen LogP contribution in [0.4, 0.5) is 5.69 Å². The largest absolute Gasteiger partial charge is 0.369 e. The Kier molecular flexibility index (Phi) is 5.98. The Morgan fingerprint density at radius 1 is 0.897 bits per heavy atom. The summed E-state index contributed by atoms with van der Waals surface area (Å²) in [5, 5.41) is 0. The second kappa shape index (κ2) is 8.49. The lowest BCUT2D eigenvalue weighted by atomic mass is 9.81. The van der Waals surface area contributed by atoms with E-state index in [-0.39, 0.29) is 0 Å². The molecule has 5 heteroatoms. The monoisotopic (exact) mass is 412 g/mol. The molecule has 0 spiro atoms. The van der Waals surface area contributed by atoms with E-state index in [1.54, 1.807) is 12.1 Å². The molecule has 2 aliphatic rings. The van der Waals surface area contributed by atoms with Crippen molar-refractivity contribution in [2.75, 3.05) is 37.6 Å². The predicted molar refractivity (Wildman–Crippen MR) is 119 cm³/mol. The summed E-state index contributed by atoms with van der Waals surface area (Å²) in [4.78, 5) is 5.43. The van der Waals surface area contributed by atoms with Crippen LogP contribution in [0.3, 0.4) is 0 Å². The van der Waals surface area contributed by atoms with E-state index >= 15 is 0 Å². The highest BCUT2D eigenvalue weighted by Gasteiger charge is 2.48. The van der Waals surface area contributed by atoms with Crippen molar-refractivity contribution in [2.45, 2.75) is 48.7 Å². The third-order valence-electron chi connectivity index (χ3n) is 6.77. The number of aryl methyl sites for hydroxylation is 1. The summed E-state index contributed by atoms with van der Waals surface area (Å²) in [6, 6.07) is 17.8. The third-order valence-corrected chi connectivity index (χ3v) is 9.41. The van der Waals surface area contributed by atoms with Crippen LogP contribution in [0.15, 0.2) is 59.5 Å². The summed E-state index contributed by atoms with van der Waals surface area (Å²) < 4.78 is 25.9. The fourth-order valence-electron chi connectivity index (χ4n) is 4.68. The third kappa shape index (κ3) is 4.22. The average Bonchev–Trinajstić information content (AvgIpc) is 2.71. The van der Waals surface area contributed by atoms with Crippen LogP contribution < -0.4 is 4.90 Å². The van der Waals surface area contributed by atoms with Crippen molar-refractivity contribution in [2.24, 2.45) is 0 Å². The number of sulfone groups is 1. The minimum absolute atomic E-state index is 0.492. The van der Waals surface area contributed by atoms with Gasteiger partial charge in [0.2, 0.25) is 0 Å². The molecule has 156 valence electrons. The lowest BCUT2D eigenvalue weighted by molar-refractivity contribution is 0.234. The molecule has 0 amide bonds. The highest BCUT2D eigenvalue weighted by atomic mass is 32.2. The Hall–Kier alpha value is -1.85. The van der Waals surface area contributed by atoms with Crippen molar-refractivity contribution in [3.63, 3.8) is 0 Å². The first-order chi connectivity index (χ1) is 14.0. The van der Waals surface area contributed by atoms with Crippen LogP contribution in [0.5, 0.6) is 0 Å². The maximum Gasteiger partial charge on any atom is 0.184 e. The molecule has 0 N–H and O–H groups in total. The van der Waals surface area contributed by atoms with E-state index in [9.17, 15) is 8.42 Å². The van der Waals surface area contributed by atoms with Crippen molar-refractivity contribution in [3.8, 4) is 0 Å². The molecule has 2 aromatic carbocycles. The summed E-state index contributed by atoms with van der Waals surface area (Å²) in [5.41, 5.74) is 2.60. The first-order valence-corrected chi connectivity index (χ1v) is 12.3. The van der Waals surface area contributed by atoms with Gasteiger partial charge in [-0.1, -0.05) is 42.3 Å². The van der Waals surface area contributed by atoms with Gasteiger partial charge in [0.1, 0.15) is 0 Å². The number of benzene rings is 2. The van der Waals surface area contributed by atoms with Gasteiger partial charge in [0.05, 0.1) is 9.64 Å². The highest BCUT2D eigenvalue weighted by molar-refractivity contribution is 7.93. The summed E-state index contributed by atoms with van der Waals surface area (Å²) in [5.74, 6) is 0. The van der Waals surface area contributed by atoms with E-state index in [0.29, 0.717) is 4.90 Å². The number of rotatable bonds is 7. The number of piperazine rings is 1. The van der Waals surface area contributed by atoms with E-state index < -0.39 is 14.6 Å². The van der Waals surface area contributed by atoms with Gasteiger partial charge in [0.25, 0.3) is 0 Å². The second-order valence-electron chi connectivity index (χ2n) is 8.62. The summed E-state index contributed by atoms with van der Waals surface area (Å²) in [7, 11) is -3.24. The normalized spacial score (nSPS) is 19.7. The average molecular weight is 413 g/mol. The quantitative estimate of drug-likeness (QED) is 0.680. The van der Waals surface area contributed by atoms with Crippen molar-refractivity contribution in [1.29, 1.82) is 0 Å². The van der Waals surface area contributed by atoms with Crippen molar-refractivity contribution in [3.05, 3.63) is 60.2 Å². The molecule has 1 saturated heterocycles. The lowest BCUT2D eigenvalue weighted by Gasteiger charge is -2.42. The van der Waals surface area contributed by atoms with E-state index in [1.165, 1.54) is 11.3 Å². The van der Waals surface area contributed by atoms with E-state index in [4.69, 9.17) is 0 Å². The molecule has 1 heterocycles. The van der Waals surface area contributed by atoms with Crippen molar-refractivity contribution < 1.29 is 8.42 Å². The molecule has 29 heavy (non-hydrogen) atoms. The zero-order valence-electron chi connectivity index (χ0n) is 17.4. The summed E-state index contributed by atoms with van der Waals surface area (Å²) >= 11 is 0. The lowest BCUT2D eigenvalue weighted by Crippen LogP contribution is -2.48. The van der Waals surface area contributed by atoms with Crippen LogP contribution in [0, 0.1) is 6.92 Å². The zero-order chi connectivity index (χ0) is 20.3. The fraction of sp³-hybridized carbons (Fsp3) is 0.500. The molecule has 2 fully saturated rings. The molecule has 1 aliphatic heterocycles. The Bertz CT molecular complexity index is 898. The zero-order valence-corrected chi connectivity index (χ0v) is 18.2. The Morgan fingerprint density at radius 2 is 1.55 bits per heavy atom. The van der Waals surface area contributed by atoms with E-state index in [1.807, 2.05) is 18.2 Å². The van der Waals surface area contributed by atoms with Crippen LogP contribution in [0.2, 0.25) is 0 Å². The molecule has 0 radical (unpaired) electrons. The molecule has 2 aromatic rings. The molecular weight excluding hydrogens is 380 g/mol. The molecule has 1 aliphatic carbocycles. The molecule has 1 saturated carbocycles. The van der Waals surface area contributed by atoms with E-state index in [2.05, 4.69) is 41.0 Å². The fourth-order valence-corrected chi connectivity index (χ4v) is 6.94. The first kappa shape index (κ1) is 20.4. The van der Waals surface area contributed by atoms with Crippen LogP contribution in [0.25, 0.3) is 0 Å². The standard InChI is InChI=1S/C24H32N2O2S/c1-21-9-11-22(12-10-21)26-19-17-25(18-20-26)16-6-15-24(13-5-14-24)29(27,28)23-7-3-2-4-8-23/h2-4,7-12H,5-6,13-20H2,1H3. The van der Waals surface area contributed by atoms with Gasteiger partial charge in [-0.3, -0.25) is 4.90 Å². The van der Waals surface area contributed by atoms with Gasteiger partial charge in [-0.2, -0.15) is 0 Å². The van der Waals surface area contributed by atoms with Gasteiger partial charge < -0.3 is 4.90 Å². The van der Waals surface area contributed by atoms with Crippen molar-refractivity contribution >= 4 is 15.5 Å². The van der Waals surface area contributed by atoms with Crippen LogP contribution in [-0.2, 0) is 9.84 Å². The first-order valence-electron chi connectivity index (χ1n) is 10.8. The Morgan fingerprint density at radius 3 is 2.14 bits per heavy atom. The maximum atomic E-state index is 13.2. The molecule has 0 aromatic heterocycles. The van der Waals surface area contributed by atoms with Gasteiger partial charge >= 0.3 is 0 Å². The number of nitrogens with zero attached hydrogens (tertiary/aromatic N) is 2. The van der Waals surface area contributed by atoms with Gasteiger partial charge in [0, 0.05) is 31.9 Å². The molecule has 0 atom stereocenters. The van der Waals surface area contributed by atoms with Gasteiger partial charge in [-0.15, -0.1) is 0 Å². The smallest absolute Gasteiger partial charge is 0.184 e. The number of hydrogen-bond donors (Lipinski definition) is 0. The van der Waals surface area contributed by atoms with Crippen LogP contribution in [0.1, 0.15) is 37.7 Å². The van der Waals surface area contributed by atoms with Gasteiger partial charge in [-0.05, 0) is 63.4 Å². The molecule has 0 bridgehead atoms. The minimum Gasteiger partial charge on any atom is -0.369 e. The SMILES string of the molecule is Cc1ccc(N2CCN(CCCC3(S(=O)(=O)c4ccccc4)CCC3)CC2)cc1. The molecule has 0 unspecified atom stereocenters. The van der Waals surface area contributed by atoms with Crippen molar-refractivity contribution in [1.82, 2.24) is 4.90 Å².